The van der Waals surface area contributed by atoms with E-state index in [0.717, 1.165) is 83.0 Å². The molecule has 0 radical (unpaired) electrons. The van der Waals surface area contributed by atoms with Gasteiger partial charge < -0.3 is 20.2 Å². The van der Waals surface area contributed by atoms with Crippen LogP contribution in [-0.4, -0.2) is 54.8 Å². The number of likely N-dealkylation sites (tertiary alicyclic amines) is 1. The van der Waals surface area contributed by atoms with Gasteiger partial charge in [0.25, 0.3) is 0 Å². The van der Waals surface area contributed by atoms with E-state index in [1.165, 1.54) is 5.56 Å². The number of halogens is 1. The fourth-order valence-electron chi connectivity index (χ4n) is 4.32. The van der Waals surface area contributed by atoms with Crippen LogP contribution in [0.5, 0.6) is 0 Å². The summed E-state index contributed by atoms with van der Waals surface area (Å²) in [7, 11) is 0. The maximum atomic E-state index is 9.37. The van der Waals surface area contributed by atoms with Crippen molar-refractivity contribution in [1.82, 2.24) is 15.5 Å². The van der Waals surface area contributed by atoms with Gasteiger partial charge >= 0.3 is 0 Å². The maximum Gasteiger partial charge on any atom is 0.191 e. The van der Waals surface area contributed by atoms with Crippen LogP contribution in [-0.2, 0) is 13.0 Å². The van der Waals surface area contributed by atoms with E-state index in [4.69, 9.17) is 9.41 Å². The van der Waals surface area contributed by atoms with Crippen LogP contribution in [0.4, 0.5) is 0 Å². The average Bonchev–Trinajstić information content (AvgIpc) is 3.33. The number of rotatable bonds is 12. The number of guanidine groups is 1. The number of hydrogen-bond acceptors (Lipinski definition) is 4. The number of furan rings is 1. The first kappa shape index (κ1) is 27.7. The molecule has 0 aliphatic carbocycles. The largest absolute Gasteiger partial charge is 0.469 e. The molecule has 0 spiro atoms. The quantitative estimate of drug-likeness (QED) is 0.201. The summed E-state index contributed by atoms with van der Waals surface area (Å²) in [5, 5.41) is 16.6. The highest BCUT2D eigenvalue weighted by Crippen LogP contribution is 2.15. The van der Waals surface area contributed by atoms with Crippen molar-refractivity contribution in [2.24, 2.45) is 10.9 Å². The summed E-state index contributed by atoms with van der Waals surface area (Å²) in [6.45, 7) is 7.16. The SMILES string of the molecule is CCCC(CCO)CN=C(NCCc1ccco1)NC1CCN(Cc2ccccc2)CC1.I. The molecular weight excluding hydrogens is 527 g/mol. The zero-order valence-electron chi connectivity index (χ0n) is 19.9. The van der Waals surface area contributed by atoms with Gasteiger partial charge in [0.15, 0.2) is 5.96 Å². The van der Waals surface area contributed by atoms with Crippen molar-refractivity contribution in [2.75, 3.05) is 32.8 Å². The van der Waals surface area contributed by atoms with Crippen LogP contribution >= 0.6 is 24.0 Å². The summed E-state index contributed by atoms with van der Waals surface area (Å²) in [6.07, 6.45) is 7.81. The summed E-state index contributed by atoms with van der Waals surface area (Å²) in [6, 6.07) is 15.1. The highest BCUT2D eigenvalue weighted by molar-refractivity contribution is 14.0. The summed E-state index contributed by atoms with van der Waals surface area (Å²) >= 11 is 0. The molecule has 3 N–H and O–H groups in total. The van der Waals surface area contributed by atoms with E-state index in [1.807, 2.05) is 12.1 Å². The fourth-order valence-corrected chi connectivity index (χ4v) is 4.32. The standard InChI is InChI=1S/C26H40N4O2.HI/c1-2-7-22(14-18-31)20-28-26(27-15-11-25-10-6-19-32-25)29-24-12-16-30(17-13-24)21-23-8-4-3-5-9-23;/h3-6,8-10,19,22,24,31H,2,7,11-18,20-21H2,1H3,(H2,27,28,29);1H. The Hall–Kier alpha value is -1.58. The molecule has 33 heavy (non-hydrogen) atoms. The highest BCUT2D eigenvalue weighted by Gasteiger charge is 2.20. The van der Waals surface area contributed by atoms with Crippen LogP contribution in [0, 0.1) is 5.92 Å². The van der Waals surface area contributed by atoms with Crippen LogP contribution in [0.1, 0.15) is 50.4 Å². The van der Waals surface area contributed by atoms with Crippen molar-refractivity contribution < 1.29 is 9.52 Å². The van der Waals surface area contributed by atoms with Gasteiger partial charge in [0, 0.05) is 51.8 Å². The number of aliphatic hydroxyl groups is 1. The third-order valence-corrected chi connectivity index (χ3v) is 6.16. The van der Waals surface area contributed by atoms with Gasteiger partial charge in [0.05, 0.1) is 6.26 Å². The third kappa shape index (κ3) is 10.5. The van der Waals surface area contributed by atoms with E-state index in [9.17, 15) is 5.11 Å². The molecule has 1 saturated heterocycles. The second kappa shape index (κ2) is 16.1. The molecule has 1 aliphatic rings. The number of nitrogens with one attached hydrogen (secondary N) is 2. The van der Waals surface area contributed by atoms with Crippen molar-refractivity contribution in [3.63, 3.8) is 0 Å². The van der Waals surface area contributed by atoms with Gasteiger partial charge in [-0.25, -0.2) is 0 Å². The molecular formula is C26H41IN4O2. The van der Waals surface area contributed by atoms with E-state index in [1.54, 1.807) is 6.26 Å². The van der Waals surface area contributed by atoms with Crippen molar-refractivity contribution in [3.8, 4) is 0 Å². The summed E-state index contributed by atoms with van der Waals surface area (Å²) < 4.78 is 5.45. The Bertz CT molecular complexity index is 756. The summed E-state index contributed by atoms with van der Waals surface area (Å²) in [5.74, 6) is 2.30. The van der Waals surface area contributed by atoms with Crippen LogP contribution in [0.25, 0.3) is 0 Å². The van der Waals surface area contributed by atoms with Crippen LogP contribution in [0.2, 0.25) is 0 Å². The lowest BCUT2D eigenvalue weighted by molar-refractivity contribution is 0.198. The molecule has 2 heterocycles. The molecule has 0 bridgehead atoms. The molecule has 1 aromatic carbocycles. The van der Waals surface area contributed by atoms with Crippen LogP contribution in [0.15, 0.2) is 58.1 Å². The zero-order chi connectivity index (χ0) is 22.4. The number of piperidine rings is 1. The zero-order valence-corrected chi connectivity index (χ0v) is 22.2. The number of hydrogen-bond donors (Lipinski definition) is 3. The summed E-state index contributed by atoms with van der Waals surface area (Å²) in [4.78, 5) is 7.44. The molecule has 0 saturated carbocycles. The van der Waals surface area contributed by atoms with Crippen LogP contribution < -0.4 is 10.6 Å². The Morgan fingerprint density at radius 3 is 2.61 bits per heavy atom. The minimum absolute atomic E-state index is 0. The first-order valence-corrected chi connectivity index (χ1v) is 12.2. The smallest absolute Gasteiger partial charge is 0.191 e. The van der Waals surface area contributed by atoms with Crippen molar-refractivity contribution >= 4 is 29.9 Å². The first-order chi connectivity index (χ1) is 15.8. The molecule has 3 rings (SSSR count). The van der Waals surface area contributed by atoms with E-state index < -0.39 is 0 Å². The van der Waals surface area contributed by atoms with E-state index in [2.05, 4.69) is 52.8 Å². The maximum absolute atomic E-state index is 9.37. The van der Waals surface area contributed by atoms with Crippen molar-refractivity contribution in [2.45, 2.75) is 58.0 Å². The monoisotopic (exact) mass is 568 g/mol. The summed E-state index contributed by atoms with van der Waals surface area (Å²) in [5.41, 5.74) is 1.38. The molecule has 2 aromatic rings. The predicted octanol–water partition coefficient (Wildman–Crippen LogP) is 4.44. The third-order valence-electron chi connectivity index (χ3n) is 6.16. The van der Waals surface area contributed by atoms with Gasteiger partial charge in [-0.15, -0.1) is 24.0 Å². The van der Waals surface area contributed by atoms with Gasteiger partial charge in [-0.2, -0.15) is 0 Å². The Kier molecular flexibility index (Phi) is 13.5. The first-order valence-electron chi connectivity index (χ1n) is 12.2. The fraction of sp³-hybridized carbons (Fsp3) is 0.577. The molecule has 1 aliphatic heterocycles. The molecule has 0 amide bonds. The predicted molar refractivity (Wildman–Crippen MR) is 146 cm³/mol. The Balaban J connectivity index is 0.00000385. The lowest BCUT2D eigenvalue weighted by Gasteiger charge is -2.33. The minimum atomic E-state index is 0. The minimum Gasteiger partial charge on any atom is -0.469 e. The second-order valence-electron chi connectivity index (χ2n) is 8.79. The van der Waals surface area contributed by atoms with Gasteiger partial charge in [0.1, 0.15) is 5.76 Å². The molecule has 6 nitrogen and oxygen atoms in total. The topological polar surface area (TPSA) is 73.0 Å². The number of aliphatic hydroxyl groups excluding tert-OH is 1. The van der Waals surface area contributed by atoms with Crippen molar-refractivity contribution in [1.29, 1.82) is 0 Å². The van der Waals surface area contributed by atoms with Gasteiger partial charge in [-0.05, 0) is 49.3 Å². The Morgan fingerprint density at radius 2 is 1.94 bits per heavy atom. The molecule has 1 fully saturated rings. The number of benzene rings is 1. The van der Waals surface area contributed by atoms with E-state index in [0.29, 0.717) is 12.0 Å². The molecule has 1 aromatic heterocycles. The van der Waals surface area contributed by atoms with Crippen LogP contribution in [0.3, 0.4) is 0 Å². The average molecular weight is 569 g/mol. The van der Waals surface area contributed by atoms with E-state index in [-0.39, 0.29) is 30.6 Å². The lowest BCUT2D eigenvalue weighted by Crippen LogP contribution is -2.49. The molecule has 184 valence electrons. The van der Waals surface area contributed by atoms with Gasteiger partial charge in [0.2, 0.25) is 0 Å². The highest BCUT2D eigenvalue weighted by atomic mass is 127. The second-order valence-corrected chi connectivity index (χ2v) is 8.79. The lowest BCUT2D eigenvalue weighted by atomic mass is 10.0. The van der Waals surface area contributed by atoms with Gasteiger partial charge in [-0.3, -0.25) is 9.89 Å². The van der Waals surface area contributed by atoms with E-state index >= 15 is 0 Å². The Labute approximate surface area is 216 Å². The number of aliphatic imine (C=N–C) groups is 1. The van der Waals surface area contributed by atoms with Crippen molar-refractivity contribution in [3.05, 3.63) is 60.1 Å². The molecule has 1 unspecified atom stereocenters. The molecule has 1 atom stereocenters. The number of nitrogens with zero attached hydrogens (tertiary/aromatic N) is 2. The normalized spacial score (nSPS) is 16.2. The molecule has 7 heteroatoms. The Morgan fingerprint density at radius 1 is 1.15 bits per heavy atom. The van der Waals surface area contributed by atoms with Gasteiger partial charge in [-0.1, -0.05) is 43.7 Å².